The van der Waals surface area contributed by atoms with Gasteiger partial charge in [0.05, 0.1) is 11.5 Å². The lowest BCUT2D eigenvalue weighted by atomic mass is 9.98. The molecule has 30 heavy (non-hydrogen) atoms. The van der Waals surface area contributed by atoms with Crippen molar-refractivity contribution in [2.75, 3.05) is 19.7 Å². The van der Waals surface area contributed by atoms with E-state index in [1.807, 2.05) is 12.3 Å². The number of para-hydroxylation sites is 1. The quantitative estimate of drug-likeness (QED) is 0.492. The number of fused-ring (bicyclic) bond motifs is 1. The van der Waals surface area contributed by atoms with Gasteiger partial charge in [-0.3, -0.25) is 14.9 Å². The number of carbonyl (C=O) groups excluding carboxylic acids is 1. The molecule has 1 aromatic heterocycles. The summed E-state index contributed by atoms with van der Waals surface area (Å²) in [4.78, 5) is 28.8. The van der Waals surface area contributed by atoms with Crippen molar-refractivity contribution in [1.82, 2.24) is 9.88 Å². The fraction of sp³-hybridized carbons (Fsp3) is 0.261. The number of nitrogens with zero attached hydrogens (tertiary/aromatic N) is 2. The van der Waals surface area contributed by atoms with Crippen molar-refractivity contribution in [1.29, 1.82) is 0 Å². The predicted octanol–water partition coefficient (Wildman–Crippen LogP) is 4.71. The van der Waals surface area contributed by atoms with Gasteiger partial charge < -0.3 is 14.6 Å². The third-order valence-corrected chi connectivity index (χ3v) is 5.47. The lowest BCUT2D eigenvalue weighted by molar-refractivity contribution is -0.385. The number of aryl methyl sites for hydroxylation is 1. The zero-order valence-corrected chi connectivity index (χ0v) is 17.0. The molecule has 1 N–H and O–H groups in total. The lowest BCUT2D eigenvalue weighted by Crippen LogP contribution is -2.34. The first-order chi connectivity index (χ1) is 14.5. The molecule has 2 aromatic carbocycles. The Kier molecular flexibility index (Phi) is 5.27. The van der Waals surface area contributed by atoms with Gasteiger partial charge in [-0.15, -0.1) is 0 Å². The monoisotopic (exact) mass is 405 g/mol. The summed E-state index contributed by atoms with van der Waals surface area (Å²) >= 11 is 0. The normalized spacial score (nSPS) is 13.9. The van der Waals surface area contributed by atoms with Crippen LogP contribution in [0.25, 0.3) is 16.5 Å². The zero-order chi connectivity index (χ0) is 21.3. The van der Waals surface area contributed by atoms with Gasteiger partial charge in [0.15, 0.2) is 5.75 Å². The number of benzene rings is 2. The Morgan fingerprint density at radius 1 is 1.30 bits per heavy atom. The SMILES string of the molecule is CCOc1ccc(C(=O)N2CC=C(c3c[nH]c4c(C)cccc34)CC2)cc1[N+](=O)[O-]. The van der Waals surface area contributed by atoms with Crippen molar-refractivity contribution < 1.29 is 14.5 Å². The van der Waals surface area contributed by atoms with Crippen LogP contribution < -0.4 is 4.74 Å². The number of rotatable bonds is 5. The molecule has 0 fully saturated rings. The van der Waals surface area contributed by atoms with Crippen LogP contribution >= 0.6 is 0 Å². The third kappa shape index (κ3) is 3.54. The topological polar surface area (TPSA) is 88.5 Å². The molecule has 0 spiro atoms. The van der Waals surface area contributed by atoms with Gasteiger partial charge in [0, 0.05) is 47.4 Å². The second-order valence-corrected chi connectivity index (χ2v) is 7.30. The number of hydrogen-bond acceptors (Lipinski definition) is 4. The number of nitro groups is 1. The molecule has 0 aliphatic carbocycles. The summed E-state index contributed by atoms with van der Waals surface area (Å²) in [5.41, 5.74) is 4.80. The molecule has 154 valence electrons. The number of H-pyrrole nitrogens is 1. The second kappa shape index (κ2) is 8.02. The molecular formula is C23H23N3O4. The average molecular weight is 405 g/mol. The van der Waals surface area contributed by atoms with E-state index in [2.05, 4.69) is 30.1 Å². The Labute approximate surface area is 174 Å². The van der Waals surface area contributed by atoms with Gasteiger partial charge in [-0.25, -0.2) is 0 Å². The largest absolute Gasteiger partial charge is 0.487 e. The number of nitro benzene ring substituents is 1. The van der Waals surface area contributed by atoms with E-state index in [9.17, 15) is 14.9 Å². The van der Waals surface area contributed by atoms with Gasteiger partial charge in [0.1, 0.15) is 0 Å². The fourth-order valence-electron chi connectivity index (χ4n) is 3.92. The minimum atomic E-state index is -0.519. The second-order valence-electron chi connectivity index (χ2n) is 7.30. The van der Waals surface area contributed by atoms with E-state index in [1.54, 1.807) is 17.9 Å². The predicted molar refractivity (Wildman–Crippen MR) is 116 cm³/mol. The minimum Gasteiger partial charge on any atom is -0.487 e. The average Bonchev–Trinajstić information content (AvgIpc) is 3.19. The Bertz CT molecular complexity index is 1160. The number of hydrogen-bond donors (Lipinski definition) is 1. The van der Waals surface area contributed by atoms with E-state index in [1.165, 1.54) is 28.7 Å². The number of aromatic amines is 1. The first-order valence-electron chi connectivity index (χ1n) is 9.96. The van der Waals surface area contributed by atoms with Crippen LogP contribution in [0.2, 0.25) is 0 Å². The summed E-state index contributed by atoms with van der Waals surface area (Å²) < 4.78 is 5.30. The zero-order valence-electron chi connectivity index (χ0n) is 17.0. The summed E-state index contributed by atoms with van der Waals surface area (Å²) in [6.07, 6.45) is 4.82. The van der Waals surface area contributed by atoms with Gasteiger partial charge in [-0.05, 0) is 43.5 Å². The standard InChI is InChI=1S/C23H23N3O4/c1-3-30-21-8-7-17(13-20(21)26(28)29)23(27)25-11-9-16(10-12-25)19-14-24-22-15(2)5-4-6-18(19)22/h4-9,13-14,24H,3,10-12H2,1-2H3. The highest BCUT2D eigenvalue weighted by molar-refractivity contribution is 5.97. The number of ether oxygens (including phenoxy) is 1. The molecule has 0 saturated carbocycles. The van der Waals surface area contributed by atoms with Crippen LogP contribution in [0.4, 0.5) is 5.69 Å². The highest BCUT2D eigenvalue weighted by atomic mass is 16.6. The Balaban J connectivity index is 1.55. The molecule has 4 rings (SSSR count). The molecule has 0 atom stereocenters. The highest BCUT2D eigenvalue weighted by Crippen LogP contribution is 2.32. The Morgan fingerprint density at radius 3 is 2.83 bits per heavy atom. The fourth-order valence-corrected chi connectivity index (χ4v) is 3.92. The summed E-state index contributed by atoms with van der Waals surface area (Å²) in [6, 6.07) is 10.6. The van der Waals surface area contributed by atoms with Crippen molar-refractivity contribution >= 4 is 28.1 Å². The van der Waals surface area contributed by atoms with Crippen LogP contribution in [0.15, 0.2) is 48.7 Å². The van der Waals surface area contributed by atoms with Crippen molar-refractivity contribution in [2.45, 2.75) is 20.3 Å². The summed E-state index contributed by atoms with van der Waals surface area (Å²) in [6.45, 7) is 5.18. The molecule has 3 aromatic rings. The molecule has 7 heteroatoms. The molecule has 7 nitrogen and oxygen atoms in total. The molecule has 2 heterocycles. The van der Waals surface area contributed by atoms with Crippen molar-refractivity contribution in [3.05, 3.63) is 75.5 Å². The maximum atomic E-state index is 12.9. The van der Waals surface area contributed by atoms with E-state index in [0.29, 0.717) is 25.3 Å². The van der Waals surface area contributed by atoms with Crippen molar-refractivity contribution in [3.63, 3.8) is 0 Å². The highest BCUT2D eigenvalue weighted by Gasteiger charge is 2.24. The number of nitrogens with one attached hydrogen (secondary N) is 1. The maximum Gasteiger partial charge on any atom is 0.311 e. The Hall–Kier alpha value is -3.61. The third-order valence-electron chi connectivity index (χ3n) is 5.47. The van der Waals surface area contributed by atoms with E-state index >= 15 is 0 Å². The maximum absolute atomic E-state index is 12.9. The molecule has 1 aliphatic heterocycles. The molecular weight excluding hydrogens is 382 g/mol. The van der Waals surface area contributed by atoms with Crippen LogP contribution in [0.1, 0.15) is 34.8 Å². The number of aromatic nitrogens is 1. The first kappa shape index (κ1) is 19.7. The van der Waals surface area contributed by atoms with Crippen LogP contribution in [-0.4, -0.2) is 40.4 Å². The van der Waals surface area contributed by atoms with E-state index < -0.39 is 4.92 Å². The van der Waals surface area contributed by atoms with Crippen LogP contribution in [0.5, 0.6) is 5.75 Å². The van der Waals surface area contributed by atoms with Gasteiger partial charge in [0.2, 0.25) is 0 Å². The number of amides is 1. The molecule has 0 radical (unpaired) electrons. The smallest absolute Gasteiger partial charge is 0.311 e. The van der Waals surface area contributed by atoms with Crippen LogP contribution in [-0.2, 0) is 0 Å². The Morgan fingerprint density at radius 2 is 2.13 bits per heavy atom. The van der Waals surface area contributed by atoms with Crippen molar-refractivity contribution in [2.24, 2.45) is 0 Å². The minimum absolute atomic E-state index is 0.175. The molecule has 1 aliphatic rings. The summed E-state index contributed by atoms with van der Waals surface area (Å²) in [5, 5.41) is 12.5. The van der Waals surface area contributed by atoms with E-state index in [0.717, 1.165) is 17.5 Å². The van der Waals surface area contributed by atoms with Gasteiger partial charge in [-0.1, -0.05) is 24.3 Å². The number of carbonyl (C=O) groups is 1. The summed E-state index contributed by atoms with van der Waals surface area (Å²) in [7, 11) is 0. The van der Waals surface area contributed by atoms with Gasteiger partial charge in [-0.2, -0.15) is 0 Å². The first-order valence-corrected chi connectivity index (χ1v) is 9.96. The van der Waals surface area contributed by atoms with Gasteiger partial charge >= 0.3 is 5.69 Å². The van der Waals surface area contributed by atoms with E-state index in [-0.39, 0.29) is 17.3 Å². The molecule has 0 unspecified atom stereocenters. The lowest BCUT2D eigenvalue weighted by Gasteiger charge is -2.26. The van der Waals surface area contributed by atoms with Crippen LogP contribution in [0, 0.1) is 17.0 Å². The molecule has 0 saturated heterocycles. The molecule has 1 amide bonds. The van der Waals surface area contributed by atoms with Crippen LogP contribution in [0.3, 0.4) is 0 Å². The molecule has 0 bridgehead atoms. The van der Waals surface area contributed by atoms with Gasteiger partial charge in [0.25, 0.3) is 5.91 Å². The van der Waals surface area contributed by atoms with Crippen molar-refractivity contribution in [3.8, 4) is 5.75 Å². The van der Waals surface area contributed by atoms with E-state index in [4.69, 9.17) is 4.74 Å². The summed E-state index contributed by atoms with van der Waals surface area (Å²) in [5.74, 6) is -0.0410.